The van der Waals surface area contributed by atoms with Crippen LogP contribution in [-0.2, 0) is 12.8 Å². The second-order valence-corrected chi connectivity index (χ2v) is 8.17. The van der Waals surface area contributed by atoms with Gasteiger partial charge in [0.05, 0.1) is 0 Å². The Morgan fingerprint density at radius 1 is 0.815 bits per heavy atom. The lowest BCUT2D eigenvalue weighted by Crippen LogP contribution is -1.97. The summed E-state index contributed by atoms with van der Waals surface area (Å²) in [5, 5.41) is 5.44. The third-order valence-corrected chi connectivity index (χ3v) is 5.66. The summed E-state index contributed by atoms with van der Waals surface area (Å²) in [5.74, 6) is 0.658. The molecule has 0 spiro atoms. The minimum Gasteiger partial charge on any atom is -0.0625 e. The van der Waals surface area contributed by atoms with Gasteiger partial charge in [0.25, 0.3) is 0 Å². The van der Waals surface area contributed by atoms with Gasteiger partial charge in [-0.3, -0.25) is 0 Å². The lowest BCUT2D eigenvalue weighted by molar-refractivity contribution is 0.647. The Morgan fingerprint density at radius 3 is 2.44 bits per heavy atom. The van der Waals surface area contributed by atoms with E-state index in [1.165, 1.54) is 49.4 Å². The standard InChI is InChI=1S/C27H24/c1-18(2)13-19-14-23-12-11-20-7-5-6-10-25(20)27(23)26(15-19)24-16-21-8-3-4-9-22(21)17-24/h3-12,14-16,18H,13,17H2,1-2H3. The van der Waals surface area contributed by atoms with Crippen molar-refractivity contribution in [2.45, 2.75) is 26.7 Å². The van der Waals surface area contributed by atoms with Crippen molar-refractivity contribution in [3.8, 4) is 0 Å². The van der Waals surface area contributed by atoms with Crippen molar-refractivity contribution < 1.29 is 0 Å². The van der Waals surface area contributed by atoms with Crippen LogP contribution in [0.25, 0.3) is 33.2 Å². The summed E-state index contributed by atoms with van der Waals surface area (Å²) in [7, 11) is 0. The average molecular weight is 348 g/mol. The minimum atomic E-state index is 0.658. The summed E-state index contributed by atoms with van der Waals surface area (Å²) in [6.07, 6.45) is 4.54. The van der Waals surface area contributed by atoms with E-state index in [2.05, 4.69) is 92.7 Å². The highest BCUT2D eigenvalue weighted by atomic mass is 14.2. The molecule has 0 nitrogen and oxygen atoms in total. The molecule has 0 N–H and O–H groups in total. The van der Waals surface area contributed by atoms with Crippen LogP contribution >= 0.6 is 0 Å². The van der Waals surface area contributed by atoms with E-state index in [0.29, 0.717) is 5.92 Å². The van der Waals surface area contributed by atoms with Crippen LogP contribution in [-0.4, -0.2) is 0 Å². The van der Waals surface area contributed by atoms with Crippen LogP contribution in [0.4, 0.5) is 0 Å². The van der Waals surface area contributed by atoms with Gasteiger partial charge >= 0.3 is 0 Å². The Bertz CT molecular complexity index is 1190. The molecule has 0 fully saturated rings. The van der Waals surface area contributed by atoms with Gasteiger partial charge in [0.1, 0.15) is 0 Å². The molecule has 0 unspecified atom stereocenters. The zero-order valence-corrected chi connectivity index (χ0v) is 16.0. The maximum Gasteiger partial charge on any atom is -0.00134 e. The van der Waals surface area contributed by atoms with E-state index in [0.717, 1.165) is 12.8 Å². The fourth-order valence-corrected chi connectivity index (χ4v) is 4.50. The second-order valence-electron chi connectivity index (χ2n) is 8.17. The molecule has 1 aliphatic rings. The molecule has 4 aromatic carbocycles. The first kappa shape index (κ1) is 16.3. The molecule has 132 valence electrons. The van der Waals surface area contributed by atoms with Gasteiger partial charge in [0.2, 0.25) is 0 Å². The summed E-state index contributed by atoms with van der Waals surface area (Å²) >= 11 is 0. The zero-order chi connectivity index (χ0) is 18.4. The van der Waals surface area contributed by atoms with Gasteiger partial charge in [-0.1, -0.05) is 92.7 Å². The van der Waals surface area contributed by atoms with Crippen LogP contribution in [0, 0.1) is 5.92 Å². The molecule has 5 rings (SSSR count). The Hall–Kier alpha value is -2.86. The van der Waals surface area contributed by atoms with Crippen LogP contribution in [0.1, 0.15) is 36.1 Å². The van der Waals surface area contributed by atoms with Crippen molar-refractivity contribution in [2.24, 2.45) is 5.92 Å². The Balaban J connectivity index is 1.79. The molecule has 0 aromatic heterocycles. The number of hydrogen-bond donors (Lipinski definition) is 0. The fourth-order valence-electron chi connectivity index (χ4n) is 4.50. The van der Waals surface area contributed by atoms with Gasteiger partial charge in [-0.15, -0.1) is 0 Å². The summed E-state index contributed by atoms with van der Waals surface area (Å²) in [6, 6.07) is 27.0. The van der Waals surface area contributed by atoms with Crippen molar-refractivity contribution in [1.82, 2.24) is 0 Å². The quantitative estimate of drug-likeness (QED) is 0.341. The van der Waals surface area contributed by atoms with Gasteiger partial charge in [0, 0.05) is 0 Å². The first-order valence-electron chi connectivity index (χ1n) is 9.92. The Kier molecular flexibility index (Phi) is 3.86. The lowest BCUT2D eigenvalue weighted by Gasteiger charge is -2.15. The molecule has 0 heteroatoms. The molecule has 0 radical (unpaired) electrons. The van der Waals surface area contributed by atoms with Crippen LogP contribution in [0.3, 0.4) is 0 Å². The first-order valence-corrected chi connectivity index (χ1v) is 9.92. The van der Waals surface area contributed by atoms with Crippen LogP contribution in [0.5, 0.6) is 0 Å². The number of benzene rings is 4. The fraction of sp³-hybridized carbons (Fsp3) is 0.185. The van der Waals surface area contributed by atoms with Crippen molar-refractivity contribution in [2.75, 3.05) is 0 Å². The maximum atomic E-state index is 2.45. The van der Waals surface area contributed by atoms with Crippen molar-refractivity contribution in [3.63, 3.8) is 0 Å². The molecule has 4 aromatic rings. The molecule has 0 saturated carbocycles. The third kappa shape index (κ3) is 2.86. The van der Waals surface area contributed by atoms with E-state index in [9.17, 15) is 0 Å². The van der Waals surface area contributed by atoms with E-state index in [-0.39, 0.29) is 0 Å². The van der Waals surface area contributed by atoms with Crippen molar-refractivity contribution in [1.29, 1.82) is 0 Å². The van der Waals surface area contributed by atoms with E-state index in [4.69, 9.17) is 0 Å². The first-order chi connectivity index (χ1) is 13.2. The molecule has 0 heterocycles. The van der Waals surface area contributed by atoms with Gasteiger partial charge in [0.15, 0.2) is 0 Å². The molecule has 0 atom stereocenters. The highest BCUT2D eigenvalue weighted by Crippen LogP contribution is 2.38. The SMILES string of the molecule is CC(C)Cc1cc(C2=Cc3ccccc3C2)c2c(ccc3ccccc32)c1. The van der Waals surface area contributed by atoms with Gasteiger partial charge < -0.3 is 0 Å². The minimum absolute atomic E-state index is 0.658. The van der Waals surface area contributed by atoms with Crippen molar-refractivity contribution >= 4 is 33.2 Å². The normalized spacial score (nSPS) is 13.4. The molecular weight excluding hydrogens is 324 g/mol. The summed E-state index contributed by atoms with van der Waals surface area (Å²) in [4.78, 5) is 0. The predicted molar refractivity (Wildman–Crippen MR) is 118 cm³/mol. The molecule has 0 amide bonds. The Morgan fingerprint density at radius 2 is 1.59 bits per heavy atom. The van der Waals surface area contributed by atoms with Gasteiger partial charge in [-0.25, -0.2) is 0 Å². The van der Waals surface area contributed by atoms with Crippen molar-refractivity contribution in [3.05, 3.63) is 95.1 Å². The number of fused-ring (bicyclic) bond motifs is 4. The van der Waals surface area contributed by atoms with Gasteiger partial charge in [-0.05, 0) is 68.1 Å². The molecule has 1 aliphatic carbocycles. The topological polar surface area (TPSA) is 0 Å². The predicted octanol–water partition coefficient (Wildman–Crippen LogP) is 7.29. The summed E-state index contributed by atoms with van der Waals surface area (Å²) in [6.45, 7) is 4.60. The van der Waals surface area contributed by atoms with Crippen LogP contribution in [0.15, 0.2) is 72.8 Å². The highest BCUT2D eigenvalue weighted by molar-refractivity contribution is 6.14. The van der Waals surface area contributed by atoms with E-state index >= 15 is 0 Å². The monoisotopic (exact) mass is 348 g/mol. The van der Waals surface area contributed by atoms with Crippen LogP contribution < -0.4 is 0 Å². The number of hydrogen-bond acceptors (Lipinski definition) is 0. The van der Waals surface area contributed by atoms with E-state index < -0.39 is 0 Å². The largest absolute Gasteiger partial charge is 0.0625 e. The maximum absolute atomic E-state index is 2.45. The molecule has 27 heavy (non-hydrogen) atoms. The van der Waals surface area contributed by atoms with E-state index in [1.807, 2.05) is 0 Å². The average Bonchev–Trinajstić information content (AvgIpc) is 3.10. The molecule has 0 aliphatic heterocycles. The molecule has 0 saturated heterocycles. The third-order valence-electron chi connectivity index (χ3n) is 5.66. The molecule has 0 bridgehead atoms. The summed E-state index contributed by atoms with van der Waals surface area (Å²) in [5.41, 5.74) is 7.12. The highest BCUT2D eigenvalue weighted by Gasteiger charge is 2.18. The smallest absolute Gasteiger partial charge is 0.00134 e. The Labute approximate surface area is 161 Å². The van der Waals surface area contributed by atoms with E-state index in [1.54, 1.807) is 0 Å². The number of rotatable bonds is 3. The molecular formula is C27H24. The van der Waals surface area contributed by atoms with Crippen LogP contribution in [0.2, 0.25) is 0 Å². The second kappa shape index (κ2) is 6.39. The number of allylic oxidation sites excluding steroid dienone is 1. The summed E-state index contributed by atoms with van der Waals surface area (Å²) < 4.78 is 0. The lowest BCUT2D eigenvalue weighted by atomic mass is 9.89. The zero-order valence-electron chi connectivity index (χ0n) is 16.0. The van der Waals surface area contributed by atoms with Gasteiger partial charge in [-0.2, -0.15) is 0 Å².